The number of furan rings is 1. The number of hydrogen-bond donors (Lipinski definition) is 0. The van der Waals surface area contributed by atoms with Gasteiger partial charge in [0.2, 0.25) is 5.95 Å². The number of para-hydroxylation sites is 1. The van der Waals surface area contributed by atoms with E-state index in [1.54, 1.807) is 34.3 Å². The molecule has 1 aliphatic heterocycles. The van der Waals surface area contributed by atoms with Gasteiger partial charge in [0.1, 0.15) is 0 Å². The summed E-state index contributed by atoms with van der Waals surface area (Å²) in [5.74, 6) is 0.542. The van der Waals surface area contributed by atoms with Crippen molar-refractivity contribution in [2.45, 2.75) is 0 Å². The largest absolute Gasteiger partial charge is 0.459 e. The number of amides is 2. The van der Waals surface area contributed by atoms with Crippen LogP contribution in [0.1, 0.15) is 20.9 Å². The SMILES string of the molecule is CN(c1ccccc1)c1ncc(C(=O)N2CCN(C(=O)c3ccco3)CC2)cn1. The summed E-state index contributed by atoms with van der Waals surface area (Å²) in [5, 5.41) is 0. The first kappa shape index (κ1) is 18.7. The normalized spacial score (nSPS) is 14.0. The molecule has 0 unspecified atom stereocenters. The van der Waals surface area contributed by atoms with Gasteiger partial charge in [0.15, 0.2) is 5.76 Å². The van der Waals surface area contributed by atoms with Gasteiger partial charge in [-0.15, -0.1) is 0 Å². The Bertz CT molecular complexity index is 965. The molecule has 2 amide bonds. The van der Waals surface area contributed by atoms with E-state index in [2.05, 4.69) is 9.97 Å². The Hall–Kier alpha value is -3.68. The van der Waals surface area contributed by atoms with Crippen LogP contribution in [0.2, 0.25) is 0 Å². The van der Waals surface area contributed by atoms with Crippen LogP contribution in [0.25, 0.3) is 0 Å². The van der Waals surface area contributed by atoms with Crippen molar-refractivity contribution in [2.75, 3.05) is 38.1 Å². The number of aromatic nitrogens is 2. The zero-order valence-corrected chi connectivity index (χ0v) is 16.1. The molecule has 1 saturated heterocycles. The molecule has 29 heavy (non-hydrogen) atoms. The average molecular weight is 391 g/mol. The molecule has 8 nitrogen and oxygen atoms in total. The van der Waals surface area contributed by atoms with E-state index in [1.807, 2.05) is 42.3 Å². The monoisotopic (exact) mass is 391 g/mol. The quantitative estimate of drug-likeness (QED) is 0.679. The lowest BCUT2D eigenvalue weighted by Crippen LogP contribution is -2.50. The fraction of sp³-hybridized carbons (Fsp3) is 0.238. The molecule has 0 radical (unpaired) electrons. The van der Waals surface area contributed by atoms with Gasteiger partial charge in [-0.2, -0.15) is 0 Å². The van der Waals surface area contributed by atoms with E-state index >= 15 is 0 Å². The highest BCUT2D eigenvalue weighted by molar-refractivity contribution is 5.94. The summed E-state index contributed by atoms with van der Waals surface area (Å²) in [4.78, 5) is 39.0. The lowest BCUT2D eigenvalue weighted by molar-refractivity contribution is 0.0517. The highest BCUT2D eigenvalue weighted by Gasteiger charge is 2.27. The molecule has 0 N–H and O–H groups in total. The van der Waals surface area contributed by atoms with Crippen LogP contribution in [0.3, 0.4) is 0 Å². The van der Waals surface area contributed by atoms with E-state index in [1.165, 1.54) is 6.26 Å². The molecule has 1 aliphatic rings. The van der Waals surface area contributed by atoms with Crippen molar-refractivity contribution in [3.05, 3.63) is 72.4 Å². The Labute approximate surface area is 168 Å². The van der Waals surface area contributed by atoms with Gasteiger partial charge >= 0.3 is 0 Å². The number of piperazine rings is 1. The number of rotatable bonds is 4. The maximum Gasteiger partial charge on any atom is 0.289 e. The molecule has 0 bridgehead atoms. The first-order chi connectivity index (χ1) is 14.1. The third-order valence-electron chi connectivity index (χ3n) is 4.91. The van der Waals surface area contributed by atoms with Crippen LogP contribution >= 0.6 is 0 Å². The van der Waals surface area contributed by atoms with Gasteiger partial charge in [0.25, 0.3) is 11.8 Å². The van der Waals surface area contributed by atoms with Crippen molar-refractivity contribution >= 4 is 23.5 Å². The number of carbonyl (C=O) groups is 2. The Morgan fingerprint density at radius 1 is 0.897 bits per heavy atom. The second-order valence-electron chi connectivity index (χ2n) is 6.73. The number of hydrogen-bond acceptors (Lipinski definition) is 6. The molecule has 3 heterocycles. The Kier molecular flexibility index (Phi) is 5.24. The van der Waals surface area contributed by atoms with Gasteiger partial charge in [0, 0.05) is 51.3 Å². The third-order valence-corrected chi connectivity index (χ3v) is 4.91. The molecule has 3 aromatic rings. The zero-order chi connectivity index (χ0) is 20.2. The first-order valence-electron chi connectivity index (χ1n) is 9.36. The molecule has 2 aromatic heterocycles. The van der Waals surface area contributed by atoms with E-state index in [0.29, 0.717) is 43.5 Å². The first-order valence-corrected chi connectivity index (χ1v) is 9.36. The van der Waals surface area contributed by atoms with Gasteiger partial charge in [-0.05, 0) is 24.3 Å². The fourth-order valence-corrected chi connectivity index (χ4v) is 3.22. The molecule has 0 atom stereocenters. The second kappa shape index (κ2) is 8.14. The van der Waals surface area contributed by atoms with Crippen LogP contribution in [0, 0.1) is 0 Å². The van der Waals surface area contributed by atoms with E-state index in [-0.39, 0.29) is 11.8 Å². The molecular formula is C21H21N5O3. The van der Waals surface area contributed by atoms with Crippen LogP contribution in [0.15, 0.2) is 65.5 Å². The summed E-state index contributed by atoms with van der Waals surface area (Å²) in [6, 6.07) is 13.1. The Balaban J connectivity index is 1.37. The van der Waals surface area contributed by atoms with E-state index in [9.17, 15) is 9.59 Å². The second-order valence-corrected chi connectivity index (χ2v) is 6.73. The lowest BCUT2D eigenvalue weighted by atomic mass is 10.2. The molecule has 0 saturated carbocycles. The molecule has 0 spiro atoms. The predicted molar refractivity (Wildman–Crippen MR) is 107 cm³/mol. The van der Waals surface area contributed by atoms with Gasteiger partial charge in [0.05, 0.1) is 11.8 Å². The number of nitrogens with zero attached hydrogens (tertiary/aromatic N) is 5. The summed E-state index contributed by atoms with van der Waals surface area (Å²) in [7, 11) is 1.88. The fourth-order valence-electron chi connectivity index (χ4n) is 3.22. The third kappa shape index (κ3) is 3.96. The van der Waals surface area contributed by atoms with Crippen molar-refractivity contribution in [1.29, 1.82) is 0 Å². The standard InChI is InChI=1S/C21H21N5O3/c1-24(17-6-3-2-4-7-17)21-22-14-16(15-23-21)19(27)25-9-11-26(12-10-25)20(28)18-8-5-13-29-18/h2-8,13-15H,9-12H2,1H3. The molecule has 1 aromatic carbocycles. The molecule has 4 rings (SSSR count). The summed E-state index contributed by atoms with van der Waals surface area (Å²) in [5.41, 5.74) is 1.39. The topological polar surface area (TPSA) is 82.8 Å². The lowest BCUT2D eigenvalue weighted by Gasteiger charge is -2.34. The average Bonchev–Trinajstić information content (AvgIpc) is 3.33. The minimum Gasteiger partial charge on any atom is -0.459 e. The summed E-state index contributed by atoms with van der Waals surface area (Å²) in [6.45, 7) is 1.83. The Morgan fingerprint density at radius 2 is 1.52 bits per heavy atom. The van der Waals surface area contributed by atoms with Gasteiger partial charge < -0.3 is 19.1 Å². The highest BCUT2D eigenvalue weighted by atomic mass is 16.3. The molecule has 8 heteroatoms. The highest BCUT2D eigenvalue weighted by Crippen LogP contribution is 2.19. The molecule has 148 valence electrons. The molecule has 1 fully saturated rings. The van der Waals surface area contributed by atoms with Gasteiger partial charge in [-0.1, -0.05) is 18.2 Å². The summed E-state index contributed by atoms with van der Waals surface area (Å²) >= 11 is 0. The summed E-state index contributed by atoms with van der Waals surface area (Å²) in [6.07, 6.45) is 4.57. The zero-order valence-electron chi connectivity index (χ0n) is 16.1. The predicted octanol–water partition coefficient (Wildman–Crippen LogP) is 2.44. The van der Waals surface area contributed by atoms with Gasteiger partial charge in [-0.3, -0.25) is 9.59 Å². The summed E-state index contributed by atoms with van der Waals surface area (Å²) < 4.78 is 5.16. The van der Waals surface area contributed by atoms with Crippen molar-refractivity contribution in [2.24, 2.45) is 0 Å². The number of benzene rings is 1. The van der Waals surface area contributed by atoms with E-state index in [0.717, 1.165) is 5.69 Å². The van der Waals surface area contributed by atoms with Crippen molar-refractivity contribution in [3.63, 3.8) is 0 Å². The van der Waals surface area contributed by atoms with Crippen LogP contribution in [-0.2, 0) is 0 Å². The number of carbonyl (C=O) groups excluding carboxylic acids is 2. The van der Waals surface area contributed by atoms with Gasteiger partial charge in [-0.25, -0.2) is 9.97 Å². The van der Waals surface area contributed by atoms with E-state index in [4.69, 9.17) is 4.42 Å². The van der Waals surface area contributed by atoms with Crippen LogP contribution in [0.4, 0.5) is 11.6 Å². The number of anilines is 2. The van der Waals surface area contributed by atoms with Crippen molar-refractivity contribution < 1.29 is 14.0 Å². The van der Waals surface area contributed by atoms with Crippen LogP contribution in [-0.4, -0.2) is 64.8 Å². The van der Waals surface area contributed by atoms with Crippen molar-refractivity contribution in [1.82, 2.24) is 19.8 Å². The minimum absolute atomic E-state index is 0.135. The molecular weight excluding hydrogens is 370 g/mol. The Morgan fingerprint density at radius 3 is 2.10 bits per heavy atom. The van der Waals surface area contributed by atoms with Crippen LogP contribution in [0.5, 0.6) is 0 Å². The smallest absolute Gasteiger partial charge is 0.289 e. The minimum atomic E-state index is -0.154. The maximum atomic E-state index is 12.8. The maximum absolute atomic E-state index is 12.8. The van der Waals surface area contributed by atoms with Crippen molar-refractivity contribution in [3.8, 4) is 0 Å². The van der Waals surface area contributed by atoms with E-state index < -0.39 is 0 Å². The van der Waals surface area contributed by atoms with Crippen LogP contribution < -0.4 is 4.90 Å². The molecule has 0 aliphatic carbocycles.